The van der Waals surface area contributed by atoms with Crippen LogP contribution in [0.1, 0.15) is 0 Å². The van der Waals surface area contributed by atoms with Crippen LogP contribution in [0.15, 0.2) is 36.5 Å². The topological polar surface area (TPSA) is 71.5 Å². The minimum atomic E-state index is -0.581. The van der Waals surface area contributed by atoms with Crippen LogP contribution in [-0.2, 0) is 0 Å². The Hall–Kier alpha value is -2.14. The van der Waals surface area contributed by atoms with Crippen molar-refractivity contribution in [1.29, 1.82) is 0 Å². The number of aliphatic hydroxyl groups excluding tert-OH is 1. The molecule has 2 N–H and O–H groups in total. The molecular weight excluding hydrogens is 220 g/mol. The third-order valence-electron chi connectivity index (χ3n) is 2.17. The van der Waals surface area contributed by atoms with Crippen molar-refractivity contribution in [3.63, 3.8) is 0 Å². The maximum Gasteiger partial charge on any atom is 0.412 e. The molecule has 0 fully saturated rings. The van der Waals surface area contributed by atoms with E-state index in [1.165, 1.54) is 0 Å². The molecule has 1 aromatic carbocycles. The van der Waals surface area contributed by atoms with Crippen LogP contribution in [0.3, 0.4) is 0 Å². The molecule has 1 amide bonds. The van der Waals surface area contributed by atoms with Crippen LogP contribution >= 0.6 is 0 Å². The Morgan fingerprint density at radius 2 is 2.29 bits per heavy atom. The summed E-state index contributed by atoms with van der Waals surface area (Å²) in [6.45, 7) is 0.0602. The average Bonchev–Trinajstić information content (AvgIpc) is 2.36. The van der Waals surface area contributed by atoms with E-state index in [2.05, 4.69) is 10.3 Å². The van der Waals surface area contributed by atoms with Crippen molar-refractivity contribution in [3.8, 4) is 5.75 Å². The molecular formula is C12H12N2O3. The van der Waals surface area contributed by atoms with Crippen molar-refractivity contribution in [2.24, 2.45) is 0 Å². The summed E-state index contributed by atoms with van der Waals surface area (Å²) >= 11 is 0. The standard InChI is InChI=1S/C12H12N2O3/c15-7-6-14-12(16)17-10-3-4-11-9(8-10)2-1-5-13-11/h1-5,8,15H,6-7H2,(H,14,16). The van der Waals surface area contributed by atoms with Gasteiger partial charge in [-0.05, 0) is 24.3 Å². The first-order valence-electron chi connectivity index (χ1n) is 5.21. The summed E-state index contributed by atoms with van der Waals surface area (Å²) in [6.07, 6.45) is 1.12. The first kappa shape index (κ1) is 11.3. The zero-order chi connectivity index (χ0) is 12.1. The molecule has 0 unspecified atom stereocenters. The second-order valence-electron chi connectivity index (χ2n) is 3.40. The summed E-state index contributed by atoms with van der Waals surface area (Å²) in [5, 5.41) is 11.8. The SMILES string of the molecule is O=C(NCCO)Oc1ccc2ncccc2c1. The van der Waals surface area contributed by atoms with Gasteiger partial charge in [-0.2, -0.15) is 0 Å². The molecule has 0 aliphatic rings. The number of nitrogens with one attached hydrogen (secondary N) is 1. The zero-order valence-corrected chi connectivity index (χ0v) is 9.09. The van der Waals surface area contributed by atoms with Crippen LogP contribution < -0.4 is 10.1 Å². The molecule has 88 valence electrons. The Morgan fingerprint density at radius 3 is 3.12 bits per heavy atom. The van der Waals surface area contributed by atoms with Gasteiger partial charge in [-0.25, -0.2) is 4.79 Å². The molecule has 5 heteroatoms. The molecule has 1 heterocycles. The number of benzene rings is 1. The lowest BCUT2D eigenvalue weighted by molar-refractivity contribution is 0.195. The smallest absolute Gasteiger partial charge is 0.410 e. The van der Waals surface area contributed by atoms with E-state index < -0.39 is 6.09 Å². The number of rotatable bonds is 3. The van der Waals surface area contributed by atoms with Crippen LogP contribution in [0.4, 0.5) is 4.79 Å². The Balaban J connectivity index is 2.11. The fraction of sp³-hybridized carbons (Fsp3) is 0.167. The van der Waals surface area contributed by atoms with Crippen LogP contribution in [-0.4, -0.2) is 29.3 Å². The molecule has 0 saturated heterocycles. The number of fused-ring (bicyclic) bond motifs is 1. The van der Waals surface area contributed by atoms with Gasteiger partial charge in [0.25, 0.3) is 0 Å². The van der Waals surface area contributed by atoms with Gasteiger partial charge in [-0.15, -0.1) is 0 Å². The maximum atomic E-state index is 11.2. The van der Waals surface area contributed by atoms with Crippen molar-refractivity contribution in [2.75, 3.05) is 13.2 Å². The predicted molar refractivity (Wildman–Crippen MR) is 62.9 cm³/mol. The number of aliphatic hydroxyl groups is 1. The van der Waals surface area contributed by atoms with Crippen molar-refractivity contribution in [2.45, 2.75) is 0 Å². The molecule has 0 saturated carbocycles. The minimum absolute atomic E-state index is 0.114. The lowest BCUT2D eigenvalue weighted by atomic mass is 10.2. The number of hydrogen-bond acceptors (Lipinski definition) is 4. The van der Waals surface area contributed by atoms with E-state index in [0.29, 0.717) is 5.75 Å². The highest BCUT2D eigenvalue weighted by molar-refractivity contribution is 5.81. The van der Waals surface area contributed by atoms with Gasteiger partial charge in [0.2, 0.25) is 0 Å². The fourth-order valence-electron chi connectivity index (χ4n) is 1.42. The number of hydrogen-bond donors (Lipinski definition) is 2. The van der Waals surface area contributed by atoms with Gasteiger partial charge in [0, 0.05) is 18.1 Å². The number of nitrogens with zero attached hydrogens (tertiary/aromatic N) is 1. The van der Waals surface area contributed by atoms with Gasteiger partial charge in [0.15, 0.2) is 0 Å². The Labute approximate surface area is 98.0 Å². The highest BCUT2D eigenvalue weighted by Gasteiger charge is 2.04. The molecule has 5 nitrogen and oxygen atoms in total. The summed E-state index contributed by atoms with van der Waals surface area (Å²) in [6, 6.07) is 8.90. The van der Waals surface area contributed by atoms with Gasteiger partial charge in [0.05, 0.1) is 12.1 Å². The van der Waals surface area contributed by atoms with Crippen LogP contribution in [0, 0.1) is 0 Å². The third kappa shape index (κ3) is 2.92. The van der Waals surface area contributed by atoms with Crippen LogP contribution in [0.2, 0.25) is 0 Å². The fourth-order valence-corrected chi connectivity index (χ4v) is 1.42. The summed E-state index contributed by atoms with van der Waals surface area (Å²) < 4.78 is 5.04. The van der Waals surface area contributed by atoms with E-state index in [9.17, 15) is 4.79 Å². The van der Waals surface area contributed by atoms with Gasteiger partial charge < -0.3 is 15.2 Å². The molecule has 0 spiro atoms. The molecule has 2 aromatic rings. The largest absolute Gasteiger partial charge is 0.412 e. The molecule has 17 heavy (non-hydrogen) atoms. The van der Waals surface area contributed by atoms with Gasteiger partial charge in [0.1, 0.15) is 5.75 Å². The number of aromatic nitrogens is 1. The van der Waals surface area contributed by atoms with E-state index >= 15 is 0 Å². The van der Waals surface area contributed by atoms with E-state index in [4.69, 9.17) is 9.84 Å². The number of carbonyl (C=O) groups excluding carboxylic acids is 1. The van der Waals surface area contributed by atoms with Gasteiger partial charge >= 0.3 is 6.09 Å². The first-order valence-corrected chi connectivity index (χ1v) is 5.21. The summed E-state index contributed by atoms with van der Waals surface area (Å²) in [5.74, 6) is 0.445. The molecule has 2 rings (SSSR count). The van der Waals surface area contributed by atoms with Crippen LogP contribution in [0.5, 0.6) is 5.75 Å². The predicted octanol–water partition coefficient (Wildman–Crippen LogP) is 1.32. The highest BCUT2D eigenvalue weighted by atomic mass is 16.6. The van der Waals surface area contributed by atoms with E-state index in [1.54, 1.807) is 24.4 Å². The van der Waals surface area contributed by atoms with Gasteiger partial charge in [-0.3, -0.25) is 4.98 Å². The summed E-state index contributed by atoms with van der Waals surface area (Å²) in [7, 11) is 0. The van der Waals surface area contributed by atoms with E-state index in [0.717, 1.165) is 10.9 Å². The Morgan fingerprint density at radius 1 is 1.41 bits per heavy atom. The third-order valence-corrected chi connectivity index (χ3v) is 2.17. The van der Waals surface area contributed by atoms with E-state index in [-0.39, 0.29) is 13.2 Å². The highest BCUT2D eigenvalue weighted by Crippen LogP contribution is 2.18. The van der Waals surface area contributed by atoms with Crippen molar-refractivity contribution >= 4 is 17.0 Å². The number of carbonyl (C=O) groups is 1. The first-order chi connectivity index (χ1) is 8.29. The monoisotopic (exact) mass is 232 g/mol. The minimum Gasteiger partial charge on any atom is -0.410 e. The Kier molecular flexibility index (Phi) is 3.52. The molecule has 0 bridgehead atoms. The second-order valence-corrected chi connectivity index (χ2v) is 3.40. The van der Waals surface area contributed by atoms with E-state index in [1.807, 2.05) is 12.1 Å². The molecule has 0 aliphatic carbocycles. The molecule has 0 atom stereocenters. The number of pyridine rings is 1. The number of amides is 1. The zero-order valence-electron chi connectivity index (χ0n) is 9.09. The molecule has 0 radical (unpaired) electrons. The molecule has 0 aliphatic heterocycles. The Bertz CT molecular complexity index is 528. The molecule has 1 aromatic heterocycles. The number of ether oxygens (including phenoxy) is 1. The quantitative estimate of drug-likeness (QED) is 0.837. The van der Waals surface area contributed by atoms with Crippen LogP contribution in [0.25, 0.3) is 10.9 Å². The lowest BCUT2D eigenvalue weighted by Gasteiger charge is -2.05. The lowest BCUT2D eigenvalue weighted by Crippen LogP contribution is -2.29. The average molecular weight is 232 g/mol. The summed E-state index contributed by atoms with van der Waals surface area (Å²) in [4.78, 5) is 15.4. The summed E-state index contributed by atoms with van der Waals surface area (Å²) in [5.41, 5.74) is 0.843. The maximum absolute atomic E-state index is 11.2. The normalized spacial score (nSPS) is 10.2. The van der Waals surface area contributed by atoms with Crippen molar-refractivity contribution in [3.05, 3.63) is 36.5 Å². The van der Waals surface area contributed by atoms with Gasteiger partial charge in [-0.1, -0.05) is 6.07 Å². The van der Waals surface area contributed by atoms with Crippen molar-refractivity contribution in [1.82, 2.24) is 10.3 Å². The van der Waals surface area contributed by atoms with Crippen molar-refractivity contribution < 1.29 is 14.6 Å². The second kappa shape index (κ2) is 5.27.